The third-order valence-corrected chi connectivity index (χ3v) is 3.34. The number of hydrogen-bond acceptors (Lipinski definition) is 2. The average Bonchev–Trinajstić information content (AvgIpc) is 2.46. The van der Waals surface area contributed by atoms with E-state index in [-0.39, 0.29) is 24.0 Å². The first-order chi connectivity index (χ1) is 9.72. The van der Waals surface area contributed by atoms with Crippen molar-refractivity contribution in [1.82, 2.24) is 10.6 Å². The van der Waals surface area contributed by atoms with Gasteiger partial charge in [-0.1, -0.05) is 25.5 Å². The van der Waals surface area contributed by atoms with Crippen LogP contribution in [0.5, 0.6) is 0 Å². The Hall–Kier alpha value is -0.300. The normalized spacial score (nSPS) is 15.4. The molecule has 21 heavy (non-hydrogen) atoms. The number of hydrogen-bond donors (Lipinski definition) is 2. The molecule has 0 amide bonds. The molecule has 0 radical (unpaired) electrons. The molecule has 1 rings (SSSR count). The molecule has 0 spiro atoms. The highest BCUT2D eigenvalue weighted by molar-refractivity contribution is 14.0. The van der Waals surface area contributed by atoms with Gasteiger partial charge in [0.1, 0.15) is 0 Å². The largest absolute Gasteiger partial charge is 0.379 e. The maximum absolute atomic E-state index is 5.54. The van der Waals surface area contributed by atoms with Crippen molar-refractivity contribution in [2.75, 3.05) is 33.4 Å². The van der Waals surface area contributed by atoms with Crippen molar-refractivity contribution < 1.29 is 4.74 Å². The van der Waals surface area contributed by atoms with E-state index < -0.39 is 0 Å². The fraction of sp³-hybridized carbons (Fsp3) is 0.812. The van der Waals surface area contributed by atoms with Crippen molar-refractivity contribution in [3.63, 3.8) is 0 Å². The van der Waals surface area contributed by atoms with Crippen LogP contribution in [-0.4, -0.2) is 39.3 Å². The maximum Gasteiger partial charge on any atom is 0.191 e. The Bertz CT molecular complexity index is 317. The molecule has 0 saturated heterocycles. The van der Waals surface area contributed by atoms with E-state index in [1.54, 1.807) is 5.57 Å². The number of nitrogens with zero attached hydrogens (tertiary/aromatic N) is 1. The van der Waals surface area contributed by atoms with Crippen LogP contribution < -0.4 is 10.6 Å². The molecule has 0 atom stereocenters. The predicted molar refractivity (Wildman–Crippen MR) is 102 cm³/mol. The van der Waals surface area contributed by atoms with Gasteiger partial charge in [0.15, 0.2) is 5.96 Å². The molecule has 4 nitrogen and oxygen atoms in total. The van der Waals surface area contributed by atoms with E-state index in [4.69, 9.17) is 4.74 Å². The molecule has 0 unspecified atom stereocenters. The summed E-state index contributed by atoms with van der Waals surface area (Å²) in [5, 5.41) is 6.63. The van der Waals surface area contributed by atoms with Crippen LogP contribution in [0.25, 0.3) is 0 Å². The van der Waals surface area contributed by atoms with Gasteiger partial charge in [-0.2, -0.15) is 0 Å². The Labute approximate surface area is 147 Å². The molecule has 1 aliphatic rings. The second kappa shape index (κ2) is 13.4. The first-order valence-corrected chi connectivity index (χ1v) is 7.92. The van der Waals surface area contributed by atoms with Crippen molar-refractivity contribution >= 4 is 29.9 Å². The number of allylic oxidation sites excluding steroid dienone is 1. The van der Waals surface area contributed by atoms with E-state index in [0.29, 0.717) is 5.92 Å². The first-order valence-electron chi connectivity index (χ1n) is 7.92. The SMILES string of the molecule is CN=C(NCCOCC(C)C)NCCC1=CCCCC1.I. The number of nitrogens with one attached hydrogen (secondary N) is 2. The minimum Gasteiger partial charge on any atom is -0.379 e. The van der Waals surface area contributed by atoms with Crippen LogP contribution in [0.15, 0.2) is 16.6 Å². The first kappa shape index (κ1) is 20.7. The summed E-state index contributed by atoms with van der Waals surface area (Å²) >= 11 is 0. The quantitative estimate of drug-likeness (QED) is 0.213. The third kappa shape index (κ3) is 11.0. The Morgan fingerprint density at radius 1 is 1.29 bits per heavy atom. The molecule has 2 N–H and O–H groups in total. The average molecular weight is 409 g/mol. The molecule has 0 aromatic rings. The summed E-state index contributed by atoms with van der Waals surface area (Å²) in [5.41, 5.74) is 1.60. The van der Waals surface area contributed by atoms with Gasteiger partial charge in [-0.15, -0.1) is 24.0 Å². The second-order valence-corrected chi connectivity index (χ2v) is 5.75. The molecule has 0 bridgehead atoms. The summed E-state index contributed by atoms with van der Waals surface area (Å²) in [5.74, 6) is 1.46. The van der Waals surface area contributed by atoms with Gasteiger partial charge in [-0.3, -0.25) is 4.99 Å². The molecular weight excluding hydrogens is 377 g/mol. The van der Waals surface area contributed by atoms with Gasteiger partial charge in [0.25, 0.3) is 0 Å². The summed E-state index contributed by atoms with van der Waals surface area (Å²) in [4.78, 5) is 4.22. The van der Waals surface area contributed by atoms with Crippen LogP contribution in [0.2, 0.25) is 0 Å². The van der Waals surface area contributed by atoms with Gasteiger partial charge in [0, 0.05) is 26.7 Å². The number of rotatable bonds is 8. The molecule has 0 heterocycles. The van der Waals surface area contributed by atoms with Gasteiger partial charge in [0.05, 0.1) is 6.61 Å². The van der Waals surface area contributed by atoms with Gasteiger partial charge in [-0.05, 0) is 38.0 Å². The standard InChI is InChI=1S/C16H31N3O.HI/c1-14(2)13-20-12-11-19-16(17-3)18-10-9-15-7-5-4-6-8-15;/h7,14H,4-6,8-13H2,1-3H3,(H2,17,18,19);1H. The summed E-state index contributed by atoms with van der Waals surface area (Å²) in [6, 6.07) is 0. The van der Waals surface area contributed by atoms with Gasteiger partial charge < -0.3 is 15.4 Å². The zero-order valence-electron chi connectivity index (χ0n) is 13.8. The lowest BCUT2D eigenvalue weighted by Crippen LogP contribution is -2.39. The van der Waals surface area contributed by atoms with Crippen molar-refractivity contribution in [2.24, 2.45) is 10.9 Å². The maximum atomic E-state index is 5.54. The molecule has 0 saturated carbocycles. The lowest BCUT2D eigenvalue weighted by atomic mass is 9.97. The molecule has 0 fully saturated rings. The lowest BCUT2D eigenvalue weighted by Gasteiger charge is -2.15. The Kier molecular flexibility index (Phi) is 13.2. The minimum absolute atomic E-state index is 0. The topological polar surface area (TPSA) is 45.7 Å². The zero-order valence-corrected chi connectivity index (χ0v) is 16.1. The number of guanidine groups is 1. The van der Waals surface area contributed by atoms with Crippen LogP contribution in [0.4, 0.5) is 0 Å². The van der Waals surface area contributed by atoms with Crippen molar-refractivity contribution in [3.8, 4) is 0 Å². The van der Waals surface area contributed by atoms with E-state index in [1.807, 2.05) is 7.05 Å². The molecule has 0 aromatic heterocycles. The highest BCUT2D eigenvalue weighted by Gasteiger charge is 2.04. The number of aliphatic imine (C=N–C) groups is 1. The summed E-state index contributed by atoms with van der Waals surface area (Å²) in [7, 11) is 1.81. The van der Waals surface area contributed by atoms with Gasteiger partial charge in [0.2, 0.25) is 0 Å². The fourth-order valence-electron chi connectivity index (χ4n) is 2.25. The fourth-order valence-corrected chi connectivity index (χ4v) is 2.25. The van der Waals surface area contributed by atoms with Crippen LogP contribution in [-0.2, 0) is 4.74 Å². The van der Waals surface area contributed by atoms with Crippen molar-refractivity contribution in [3.05, 3.63) is 11.6 Å². The number of halogens is 1. The predicted octanol–water partition coefficient (Wildman–Crippen LogP) is 3.33. The molecule has 0 aromatic carbocycles. The zero-order chi connectivity index (χ0) is 14.6. The molecule has 5 heteroatoms. The van der Waals surface area contributed by atoms with E-state index in [0.717, 1.165) is 38.7 Å². The Balaban J connectivity index is 0.00000400. The monoisotopic (exact) mass is 409 g/mol. The van der Waals surface area contributed by atoms with Gasteiger partial charge in [-0.25, -0.2) is 0 Å². The van der Waals surface area contributed by atoms with E-state index >= 15 is 0 Å². The highest BCUT2D eigenvalue weighted by atomic mass is 127. The van der Waals surface area contributed by atoms with E-state index in [1.165, 1.54) is 25.7 Å². The lowest BCUT2D eigenvalue weighted by molar-refractivity contribution is 0.114. The molecule has 124 valence electrons. The molecule has 1 aliphatic carbocycles. The van der Waals surface area contributed by atoms with Crippen LogP contribution in [0.3, 0.4) is 0 Å². The summed E-state index contributed by atoms with van der Waals surface area (Å²) in [6.07, 6.45) is 8.78. The minimum atomic E-state index is 0. The summed E-state index contributed by atoms with van der Waals surface area (Å²) in [6.45, 7) is 7.63. The smallest absolute Gasteiger partial charge is 0.191 e. The van der Waals surface area contributed by atoms with E-state index in [2.05, 4.69) is 35.5 Å². The summed E-state index contributed by atoms with van der Waals surface area (Å²) < 4.78 is 5.54. The van der Waals surface area contributed by atoms with Crippen LogP contribution >= 0.6 is 24.0 Å². The Morgan fingerprint density at radius 2 is 2.05 bits per heavy atom. The van der Waals surface area contributed by atoms with Gasteiger partial charge >= 0.3 is 0 Å². The van der Waals surface area contributed by atoms with E-state index in [9.17, 15) is 0 Å². The van der Waals surface area contributed by atoms with Crippen LogP contribution in [0, 0.1) is 5.92 Å². The molecule has 0 aliphatic heterocycles. The van der Waals surface area contributed by atoms with Crippen LogP contribution in [0.1, 0.15) is 46.0 Å². The Morgan fingerprint density at radius 3 is 2.67 bits per heavy atom. The number of ether oxygens (including phenoxy) is 1. The van der Waals surface area contributed by atoms with Crippen molar-refractivity contribution in [2.45, 2.75) is 46.0 Å². The second-order valence-electron chi connectivity index (χ2n) is 5.75. The third-order valence-electron chi connectivity index (χ3n) is 3.34. The van der Waals surface area contributed by atoms with Crippen molar-refractivity contribution in [1.29, 1.82) is 0 Å². The highest BCUT2D eigenvalue weighted by Crippen LogP contribution is 2.19. The molecular formula is C16H32IN3O.